The van der Waals surface area contributed by atoms with E-state index in [9.17, 15) is 9.18 Å². The van der Waals surface area contributed by atoms with Crippen LogP contribution in [0.4, 0.5) is 10.1 Å². The predicted molar refractivity (Wildman–Crippen MR) is 143 cm³/mol. The monoisotopic (exact) mass is 517 g/mol. The quantitative estimate of drug-likeness (QED) is 0.419. The first-order chi connectivity index (χ1) is 18.5. The number of halogens is 1. The maximum atomic E-state index is 13.6. The van der Waals surface area contributed by atoms with Crippen LogP contribution in [0.2, 0.25) is 0 Å². The molecule has 198 valence electrons. The molecule has 0 unspecified atom stereocenters. The Bertz CT molecular complexity index is 1490. The maximum Gasteiger partial charge on any atom is 0.253 e. The summed E-state index contributed by atoms with van der Waals surface area (Å²) in [5, 5.41) is 13.7. The molecule has 0 spiro atoms. The highest BCUT2D eigenvalue weighted by atomic mass is 19.1. The molecule has 2 atom stereocenters. The molecule has 1 N–H and O–H groups in total. The van der Waals surface area contributed by atoms with Crippen molar-refractivity contribution >= 4 is 16.6 Å². The number of piperazine rings is 1. The lowest BCUT2D eigenvalue weighted by Crippen LogP contribution is -2.49. The first kappa shape index (κ1) is 24.7. The summed E-state index contributed by atoms with van der Waals surface area (Å²) in [6.45, 7) is 8.28. The van der Waals surface area contributed by atoms with Crippen LogP contribution >= 0.6 is 0 Å². The number of aromatic amines is 1. The summed E-state index contributed by atoms with van der Waals surface area (Å²) in [5.74, 6) is 0.399. The molecule has 2 saturated heterocycles. The molecule has 0 bridgehead atoms. The van der Waals surface area contributed by atoms with E-state index < -0.39 is 6.04 Å². The van der Waals surface area contributed by atoms with E-state index in [1.165, 1.54) is 17.7 Å². The Morgan fingerprint density at radius 1 is 1.08 bits per heavy atom. The van der Waals surface area contributed by atoms with Gasteiger partial charge in [0, 0.05) is 49.6 Å². The number of hydrogen-bond acceptors (Lipinski definition) is 7. The molecule has 0 aliphatic carbocycles. The Morgan fingerprint density at radius 2 is 1.84 bits per heavy atom. The Morgan fingerprint density at radius 3 is 2.58 bits per heavy atom. The minimum Gasteiger partial charge on any atom is -0.376 e. The number of nitrogens with one attached hydrogen (secondary N) is 1. The fourth-order valence-corrected chi connectivity index (χ4v) is 5.60. The minimum absolute atomic E-state index is 0.0636. The van der Waals surface area contributed by atoms with Crippen molar-refractivity contribution in [2.24, 2.45) is 0 Å². The number of fused-ring (bicyclic) bond motifs is 1. The second-order valence-electron chi connectivity index (χ2n) is 10.3. The van der Waals surface area contributed by atoms with Crippen molar-refractivity contribution in [3.8, 4) is 0 Å². The number of rotatable bonds is 6. The zero-order valence-corrected chi connectivity index (χ0v) is 21.7. The standard InChI is InChI=1S/C28H32FN7O2/c1-18-14-20-16-24(28(37)30-25(20)15-19(18)2)26(27-31-32-33-36(27)17-23-4-3-13-38-23)35-11-9-34(10-12-35)22-7-5-21(29)6-8-22/h5-8,14-16,23,26H,3-4,9-13,17H2,1-2H3,(H,30,37)/t23-,26-/m0/s1. The van der Waals surface area contributed by atoms with Gasteiger partial charge in [-0.3, -0.25) is 9.69 Å². The molecule has 0 saturated carbocycles. The molecule has 10 heteroatoms. The molecule has 4 aromatic rings. The first-order valence-electron chi connectivity index (χ1n) is 13.2. The van der Waals surface area contributed by atoms with Crippen LogP contribution in [0.15, 0.2) is 47.3 Å². The van der Waals surface area contributed by atoms with Gasteiger partial charge in [0.05, 0.1) is 12.6 Å². The van der Waals surface area contributed by atoms with Crippen LogP contribution < -0.4 is 10.5 Å². The van der Waals surface area contributed by atoms with Crippen molar-refractivity contribution in [1.29, 1.82) is 0 Å². The molecule has 2 aliphatic rings. The van der Waals surface area contributed by atoms with E-state index in [4.69, 9.17) is 4.74 Å². The van der Waals surface area contributed by atoms with Gasteiger partial charge in [0.15, 0.2) is 5.82 Å². The number of nitrogens with zero attached hydrogens (tertiary/aromatic N) is 6. The molecule has 0 radical (unpaired) electrons. The van der Waals surface area contributed by atoms with Crippen molar-refractivity contribution < 1.29 is 9.13 Å². The lowest BCUT2D eigenvalue weighted by atomic mass is 10.00. The number of benzene rings is 2. The zero-order chi connectivity index (χ0) is 26.2. The van der Waals surface area contributed by atoms with Gasteiger partial charge < -0.3 is 14.6 Å². The highest BCUT2D eigenvalue weighted by Gasteiger charge is 2.33. The van der Waals surface area contributed by atoms with Crippen LogP contribution in [0.3, 0.4) is 0 Å². The lowest BCUT2D eigenvalue weighted by molar-refractivity contribution is 0.0906. The van der Waals surface area contributed by atoms with Crippen molar-refractivity contribution in [3.63, 3.8) is 0 Å². The molecule has 6 rings (SSSR count). The van der Waals surface area contributed by atoms with Gasteiger partial charge in [-0.25, -0.2) is 9.07 Å². The summed E-state index contributed by atoms with van der Waals surface area (Å²) in [7, 11) is 0. The van der Waals surface area contributed by atoms with Crippen molar-refractivity contribution in [1.82, 2.24) is 30.1 Å². The zero-order valence-electron chi connectivity index (χ0n) is 21.7. The van der Waals surface area contributed by atoms with Crippen LogP contribution in [-0.2, 0) is 11.3 Å². The van der Waals surface area contributed by atoms with E-state index in [0.29, 0.717) is 31.0 Å². The van der Waals surface area contributed by atoms with Gasteiger partial charge in [0.1, 0.15) is 11.9 Å². The molecule has 2 aromatic carbocycles. The normalized spacial score (nSPS) is 19.3. The number of ether oxygens (including phenoxy) is 1. The highest BCUT2D eigenvalue weighted by molar-refractivity contribution is 5.81. The maximum absolute atomic E-state index is 13.6. The number of aromatic nitrogens is 5. The fourth-order valence-electron chi connectivity index (χ4n) is 5.60. The van der Waals surface area contributed by atoms with E-state index in [-0.39, 0.29) is 17.5 Å². The largest absolute Gasteiger partial charge is 0.376 e. The van der Waals surface area contributed by atoms with Crippen molar-refractivity contribution in [3.05, 3.63) is 81.2 Å². The molecular formula is C28H32FN7O2. The summed E-state index contributed by atoms with van der Waals surface area (Å²) in [5.41, 5.74) is 4.59. The third-order valence-corrected chi connectivity index (χ3v) is 7.86. The Balaban J connectivity index is 1.37. The minimum atomic E-state index is -0.420. The van der Waals surface area contributed by atoms with Gasteiger partial charge in [-0.2, -0.15) is 0 Å². The van der Waals surface area contributed by atoms with Crippen LogP contribution in [-0.4, -0.2) is 69.0 Å². The molecular weight excluding hydrogens is 485 g/mol. The number of H-pyrrole nitrogens is 1. The molecule has 2 aliphatic heterocycles. The summed E-state index contributed by atoms with van der Waals surface area (Å²) in [4.78, 5) is 21.2. The van der Waals surface area contributed by atoms with Crippen LogP contribution in [0.1, 0.15) is 41.4 Å². The number of anilines is 1. The Hall–Kier alpha value is -3.63. The second kappa shape index (κ2) is 10.3. The van der Waals surface area contributed by atoms with Gasteiger partial charge in [-0.05, 0) is 96.1 Å². The lowest BCUT2D eigenvalue weighted by Gasteiger charge is -2.39. The third-order valence-electron chi connectivity index (χ3n) is 7.86. The average Bonchev–Trinajstić information content (AvgIpc) is 3.60. The van der Waals surface area contributed by atoms with E-state index >= 15 is 0 Å². The van der Waals surface area contributed by atoms with E-state index in [1.807, 2.05) is 31.2 Å². The summed E-state index contributed by atoms with van der Waals surface area (Å²) >= 11 is 0. The number of tetrazole rings is 1. The third kappa shape index (κ3) is 4.81. The molecule has 4 heterocycles. The van der Waals surface area contributed by atoms with Gasteiger partial charge in [0.2, 0.25) is 0 Å². The van der Waals surface area contributed by atoms with E-state index in [2.05, 4.69) is 43.3 Å². The van der Waals surface area contributed by atoms with Gasteiger partial charge in [-0.1, -0.05) is 0 Å². The number of pyridine rings is 1. The predicted octanol–water partition coefficient (Wildman–Crippen LogP) is 3.36. The molecule has 2 aromatic heterocycles. The number of hydrogen-bond donors (Lipinski definition) is 1. The highest BCUT2D eigenvalue weighted by Crippen LogP contribution is 2.30. The molecule has 9 nitrogen and oxygen atoms in total. The van der Waals surface area contributed by atoms with Gasteiger partial charge in [-0.15, -0.1) is 5.10 Å². The SMILES string of the molecule is Cc1cc2cc([C@@H](c3nnnn3C[C@@H]3CCCO3)N3CCN(c4ccc(F)cc4)CC3)c(=O)[nH]c2cc1C. The van der Waals surface area contributed by atoms with Gasteiger partial charge in [0.25, 0.3) is 5.56 Å². The average molecular weight is 518 g/mol. The molecule has 0 amide bonds. The fraction of sp³-hybridized carbons (Fsp3) is 0.429. The number of aryl methyl sites for hydroxylation is 2. The molecule has 2 fully saturated rings. The van der Waals surface area contributed by atoms with E-state index in [0.717, 1.165) is 54.7 Å². The second-order valence-corrected chi connectivity index (χ2v) is 10.3. The van der Waals surface area contributed by atoms with Crippen LogP contribution in [0.25, 0.3) is 10.9 Å². The summed E-state index contributed by atoms with van der Waals surface area (Å²) < 4.78 is 21.1. The van der Waals surface area contributed by atoms with Crippen molar-refractivity contribution in [2.75, 3.05) is 37.7 Å². The van der Waals surface area contributed by atoms with Gasteiger partial charge >= 0.3 is 0 Å². The smallest absolute Gasteiger partial charge is 0.253 e. The summed E-state index contributed by atoms with van der Waals surface area (Å²) in [6.07, 6.45) is 2.06. The van der Waals surface area contributed by atoms with Crippen LogP contribution in [0, 0.1) is 19.7 Å². The topological polar surface area (TPSA) is 92.2 Å². The molecule has 38 heavy (non-hydrogen) atoms. The Kier molecular flexibility index (Phi) is 6.67. The van der Waals surface area contributed by atoms with E-state index in [1.54, 1.807) is 4.68 Å². The first-order valence-corrected chi connectivity index (χ1v) is 13.2. The van der Waals surface area contributed by atoms with Crippen LogP contribution in [0.5, 0.6) is 0 Å². The Labute approximate surface area is 220 Å². The van der Waals surface area contributed by atoms with Crippen molar-refractivity contribution in [2.45, 2.75) is 45.4 Å². The summed E-state index contributed by atoms with van der Waals surface area (Å²) in [6, 6.07) is 12.3.